The van der Waals surface area contributed by atoms with E-state index in [2.05, 4.69) is 10.4 Å². The van der Waals surface area contributed by atoms with Gasteiger partial charge in [-0.3, -0.25) is 0 Å². The van der Waals surface area contributed by atoms with E-state index in [1.807, 2.05) is 25.6 Å². The normalized spacial score (nSPS) is 15.7. The number of fused-ring (bicyclic) bond motifs is 1. The van der Waals surface area contributed by atoms with Gasteiger partial charge in [0.1, 0.15) is 0 Å². The lowest BCUT2D eigenvalue weighted by Crippen LogP contribution is -2.23. The lowest BCUT2D eigenvalue weighted by Gasteiger charge is -2.15. The fourth-order valence-corrected chi connectivity index (χ4v) is 1.77. The Morgan fingerprint density at radius 2 is 2.29 bits per heavy atom. The molecule has 4 nitrogen and oxygen atoms in total. The van der Waals surface area contributed by atoms with Crippen LogP contribution >= 0.6 is 0 Å². The quantitative estimate of drug-likeness (QED) is 0.760. The molecule has 0 aromatic carbocycles. The van der Waals surface area contributed by atoms with Crippen molar-refractivity contribution in [2.24, 2.45) is 7.05 Å². The summed E-state index contributed by atoms with van der Waals surface area (Å²) in [4.78, 5) is 0. The van der Waals surface area contributed by atoms with Crippen molar-refractivity contribution in [3.63, 3.8) is 0 Å². The molecule has 2 rings (SSSR count). The number of rotatable bonds is 2. The summed E-state index contributed by atoms with van der Waals surface area (Å²) in [6.07, 6.45) is 1.21. The van der Waals surface area contributed by atoms with Gasteiger partial charge in [-0.05, 0) is 13.8 Å². The highest BCUT2D eigenvalue weighted by molar-refractivity contribution is 5.33. The maximum atomic E-state index is 5.74. The number of hydrogen-bond acceptors (Lipinski definition) is 3. The maximum Gasteiger partial charge on any atom is 0.216 e. The second kappa shape index (κ2) is 3.61. The highest BCUT2D eigenvalue weighted by Crippen LogP contribution is 2.24. The van der Waals surface area contributed by atoms with E-state index in [1.54, 1.807) is 0 Å². The van der Waals surface area contributed by atoms with Gasteiger partial charge in [-0.1, -0.05) is 0 Å². The van der Waals surface area contributed by atoms with Gasteiger partial charge in [0.2, 0.25) is 5.88 Å². The van der Waals surface area contributed by atoms with Crippen LogP contribution in [-0.4, -0.2) is 22.4 Å². The lowest BCUT2D eigenvalue weighted by atomic mass is 10.1. The molecular formula is C10H17N3O. The summed E-state index contributed by atoms with van der Waals surface area (Å²) < 4.78 is 7.59. The van der Waals surface area contributed by atoms with Crippen molar-refractivity contribution in [2.45, 2.75) is 32.9 Å². The Morgan fingerprint density at radius 3 is 3.00 bits per heavy atom. The van der Waals surface area contributed by atoms with Gasteiger partial charge in [0.25, 0.3) is 0 Å². The molecule has 0 bridgehead atoms. The van der Waals surface area contributed by atoms with Crippen LogP contribution in [-0.2, 0) is 20.0 Å². The summed E-state index contributed by atoms with van der Waals surface area (Å²) in [6.45, 7) is 5.97. The molecule has 1 aromatic rings. The molecule has 0 radical (unpaired) electrons. The van der Waals surface area contributed by atoms with Crippen molar-refractivity contribution in [2.75, 3.05) is 6.54 Å². The zero-order valence-corrected chi connectivity index (χ0v) is 9.00. The predicted molar refractivity (Wildman–Crippen MR) is 54.4 cm³/mol. The van der Waals surface area contributed by atoms with Crippen molar-refractivity contribution in [1.29, 1.82) is 0 Å². The van der Waals surface area contributed by atoms with Gasteiger partial charge >= 0.3 is 0 Å². The Labute approximate surface area is 84.3 Å². The van der Waals surface area contributed by atoms with Crippen LogP contribution in [0, 0.1) is 0 Å². The van der Waals surface area contributed by atoms with Gasteiger partial charge < -0.3 is 10.1 Å². The summed E-state index contributed by atoms with van der Waals surface area (Å²) in [5.41, 5.74) is 2.41. The third kappa shape index (κ3) is 1.62. The first kappa shape index (κ1) is 9.52. The number of ether oxygens (including phenoxy) is 1. The first-order valence-electron chi connectivity index (χ1n) is 5.10. The summed E-state index contributed by atoms with van der Waals surface area (Å²) in [6, 6.07) is 0. The Morgan fingerprint density at radius 1 is 1.50 bits per heavy atom. The van der Waals surface area contributed by atoms with Crippen LogP contribution in [0.5, 0.6) is 5.88 Å². The highest BCUT2D eigenvalue weighted by Gasteiger charge is 2.20. The molecule has 0 fully saturated rings. The molecule has 0 amide bonds. The average Bonchev–Trinajstić information content (AvgIpc) is 2.43. The minimum atomic E-state index is 0.205. The third-order valence-corrected chi connectivity index (χ3v) is 2.36. The van der Waals surface area contributed by atoms with Gasteiger partial charge in [-0.2, -0.15) is 5.10 Å². The molecule has 1 aromatic heterocycles. The molecule has 0 atom stereocenters. The number of hydrogen-bond donors (Lipinski definition) is 1. The largest absolute Gasteiger partial charge is 0.475 e. The van der Waals surface area contributed by atoms with E-state index in [0.717, 1.165) is 25.4 Å². The lowest BCUT2D eigenvalue weighted by molar-refractivity contribution is 0.219. The van der Waals surface area contributed by atoms with Crippen LogP contribution in [0.4, 0.5) is 0 Å². The molecular weight excluding hydrogens is 178 g/mol. The van der Waals surface area contributed by atoms with E-state index < -0.39 is 0 Å². The van der Waals surface area contributed by atoms with Gasteiger partial charge in [0, 0.05) is 26.6 Å². The molecule has 1 aliphatic heterocycles. The van der Waals surface area contributed by atoms with Crippen molar-refractivity contribution >= 4 is 0 Å². The second-order valence-electron chi connectivity index (χ2n) is 3.95. The Kier molecular flexibility index (Phi) is 2.46. The summed E-state index contributed by atoms with van der Waals surface area (Å²) in [5, 5.41) is 7.79. The first-order chi connectivity index (χ1) is 6.68. The molecule has 0 saturated heterocycles. The van der Waals surface area contributed by atoms with Crippen LogP contribution < -0.4 is 10.1 Å². The van der Waals surface area contributed by atoms with Gasteiger partial charge in [0.15, 0.2) is 0 Å². The number of aryl methyl sites for hydroxylation is 1. The van der Waals surface area contributed by atoms with Gasteiger partial charge in [-0.15, -0.1) is 0 Å². The van der Waals surface area contributed by atoms with Crippen LogP contribution in [0.1, 0.15) is 25.1 Å². The molecule has 0 aliphatic carbocycles. The van der Waals surface area contributed by atoms with Gasteiger partial charge in [-0.25, -0.2) is 4.68 Å². The second-order valence-corrected chi connectivity index (χ2v) is 3.95. The number of aromatic nitrogens is 2. The molecule has 1 N–H and O–H groups in total. The van der Waals surface area contributed by atoms with Crippen molar-refractivity contribution in [1.82, 2.24) is 15.1 Å². The summed E-state index contributed by atoms with van der Waals surface area (Å²) in [5.74, 6) is 0.919. The van der Waals surface area contributed by atoms with E-state index in [-0.39, 0.29) is 6.10 Å². The van der Waals surface area contributed by atoms with Gasteiger partial charge in [0.05, 0.1) is 17.4 Å². The van der Waals surface area contributed by atoms with E-state index in [1.165, 1.54) is 11.3 Å². The Balaban J connectivity index is 2.33. The summed E-state index contributed by atoms with van der Waals surface area (Å²) in [7, 11) is 1.94. The number of nitrogens with zero attached hydrogens (tertiary/aromatic N) is 2. The van der Waals surface area contributed by atoms with E-state index in [9.17, 15) is 0 Å². The third-order valence-electron chi connectivity index (χ3n) is 2.36. The minimum absolute atomic E-state index is 0.205. The predicted octanol–water partition coefficient (Wildman–Crippen LogP) is 0.853. The maximum absolute atomic E-state index is 5.74. The molecule has 0 unspecified atom stereocenters. The highest BCUT2D eigenvalue weighted by atomic mass is 16.5. The smallest absolute Gasteiger partial charge is 0.216 e. The topological polar surface area (TPSA) is 39.1 Å². The van der Waals surface area contributed by atoms with Crippen LogP contribution in [0.2, 0.25) is 0 Å². The van der Waals surface area contributed by atoms with Crippen LogP contribution in [0.3, 0.4) is 0 Å². The van der Waals surface area contributed by atoms with Crippen LogP contribution in [0.15, 0.2) is 0 Å². The zero-order valence-electron chi connectivity index (χ0n) is 9.00. The molecule has 78 valence electrons. The standard InChI is InChI=1S/C10H17N3O/c1-7(2)14-10-8-6-11-5-4-9(8)12-13(10)3/h7,11H,4-6H2,1-3H3. The SMILES string of the molecule is CC(C)Oc1c2c(nn1C)CCNC2. The van der Waals surface area contributed by atoms with Crippen LogP contribution in [0.25, 0.3) is 0 Å². The van der Waals surface area contributed by atoms with E-state index in [4.69, 9.17) is 4.74 Å². The molecule has 1 aliphatic rings. The fourth-order valence-electron chi connectivity index (χ4n) is 1.77. The Hall–Kier alpha value is -1.03. The Bertz CT molecular complexity index is 330. The summed E-state index contributed by atoms with van der Waals surface area (Å²) >= 11 is 0. The fraction of sp³-hybridized carbons (Fsp3) is 0.700. The zero-order chi connectivity index (χ0) is 10.1. The van der Waals surface area contributed by atoms with Crippen molar-refractivity contribution < 1.29 is 4.74 Å². The first-order valence-corrected chi connectivity index (χ1v) is 5.10. The molecule has 0 spiro atoms. The van der Waals surface area contributed by atoms with Crippen molar-refractivity contribution in [3.8, 4) is 5.88 Å². The van der Waals surface area contributed by atoms with E-state index >= 15 is 0 Å². The molecule has 4 heteroatoms. The molecule has 2 heterocycles. The van der Waals surface area contributed by atoms with E-state index in [0.29, 0.717) is 0 Å². The molecule has 14 heavy (non-hydrogen) atoms. The minimum Gasteiger partial charge on any atom is -0.475 e. The monoisotopic (exact) mass is 195 g/mol. The average molecular weight is 195 g/mol. The van der Waals surface area contributed by atoms with Crippen molar-refractivity contribution in [3.05, 3.63) is 11.3 Å². The number of nitrogens with one attached hydrogen (secondary N) is 1. The molecule has 0 saturated carbocycles.